The summed E-state index contributed by atoms with van der Waals surface area (Å²) < 4.78 is 0. The number of carbonyl (C=O) groups excluding carboxylic acids is 2. The number of nitrogens with zero attached hydrogens (tertiary/aromatic N) is 3. The van der Waals surface area contributed by atoms with Gasteiger partial charge in [0.2, 0.25) is 11.8 Å². The highest BCUT2D eigenvalue weighted by Gasteiger charge is 2.22. The molecule has 0 bridgehead atoms. The highest BCUT2D eigenvalue weighted by molar-refractivity contribution is 5.78. The van der Waals surface area contributed by atoms with E-state index in [1.165, 1.54) is 0 Å². The van der Waals surface area contributed by atoms with E-state index in [0.29, 0.717) is 25.6 Å². The molecule has 1 aliphatic rings. The van der Waals surface area contributed by atoms with Crippen molar-refractivity contribution in [3.8, 4) is 0 Å². The van der Waals surface area contributed by atoms with Crippen LogP contribution in [-0.2, 0) is 16.1 Å². The van der Waals surface area contributed by atoms with Crippen LogP contribution in [0.4, 0.5) is 0 Å². The van der Waals surface area contributed by atoms with Gasteiger partial charge in [-0.05, 0) is 51.0 Å². The first kappa shape index (κ1) is 19.3. The van der Waals surface area contributed by atoms with Gasteiger partial charge in [0.15, 0.2) is 0 Å². The minimum absolute atomic E-state index is 0.0187. The second-order valence-electron chi connectivity index (χ2n) is 6.69. The summed E-state index contributed by atoms with van der Waals surface area (Å²) in [5.41, 5.74) is 0.863. The second-order valence-corrected chi connectivity index (χ2v) is 6.69. The van der Waals surface area contributed by atoms with Crippen LogP contribution in [-0.4, -0.2) is 73.4 Å². The fraction of sp³-hybridized carbons (Fsp3) is 0.611. The van der Waals surface area contributed by atoms with Crippen LogP contribution < -0.4 is 10.6 Å². The monoisotopic (exact) mass is 347 g/mol. The molecule has 1 saturated heterocycles. The molecule has 2 amide bonds. The zero-order valence-electron chi connectivity index (χ0n) is 15.2. The van der Waals surface area contributed by atoms with Gasteiger partial charge in [-0.15, -0.1) is 0 Å². The van der Waals surface area contributed by atoms with Crippen LogP contribution in [0, 0.1) is 5.92 Å². The van der Waals surface area contributed by atoms with E-state index in [1.54, 1.807) is 13.2 Å². The molecule has 2 heterocycles. The molecule has 138 valence electrons. The number of piperidine rings is 1. The molecule has 1 aliphatic heterocycles. The van der Waals surface area contributed by atoms with E-state index < -0.39 is 0 Å². The van der Waals surface area contributed by atoms with Gasteiger partial charge in [0.25, 0.3) is 0 Å². The minimum Gasteiger partial charge on any atom is -0.358 e. The van der Waals surface area contributed by atoms with Gasteiger partial charge in [0.1, 0.15) is 0 Å². The van der Waals surface area contributed by atoms with Gasteiger partial charge < -0.3 is 10.6 Å². The fourth-order valence-corrected chi connectivity index (χ4v) is 3.11. The SMILES string of the molecule is CNC(=O)CN1CCC(CN(C)CC(=O)NCc2ccccn2)CC1. The molecular weight excluding hydrogens is 318 g/mol. The third kappa shape index (κ3) is 7.19. The number of pyridine rings is 1. The first-order valence-electron chi connectivity index (χ1n) is 8.85. The average Bonchev–Trinajstić information content (AvgIpc) is 2.62. The Morgan fingerprint density at radius 1 is 1.28 bits per heavy atom. The van der Waals surface area contributed by atoms with Crippen molar-refractivity contribution in [3.05, 3.63) is 30.1 Å². The zero-order valence-corrected chi connectivity index (χ0v) is 15.2. The van der Waals surface area contributed by atoms with E-state index in [4.69, 9.17) is 0 Å². The molecule has 1 aromatic heterocycles. The molecule has 0 atom stereocenters. The Balaban J connectivity index is 1.62. The summed E-state index contributed by atoms with van der Waals surface area (Å²) in [5.74, 6) is 0.667. The molecule has 0 aromatic carbocycles. The van der Waals surface area contributed by atoms with E-state index in [-0.39, 0.29) is 11.8 Å². The summed E-state index contributed by atoms with van der Waals surface area (Å²) >= 11 is 0. The number of rotatable bonds is 8. The Morgan fingerprint density at radius 3 is 2.68 bits per heavy atom. The van der Waals surface area contributed by atoms with Crippen molar-refractivity contribution in [2.75, 3.05) is 46.8 Å². The number of carbonyl (C=O) groups is 2. The minimum atomic E-state index is 0.0187. The largest absolute Gasteiger partial charge is 0.358 e. The Bertz CT molecular complexity index is 544. The molecule has 2 N–H and O–H groups in total. The molecule has 0 radical (unpaired) electrons. The van der Waals surface area contributed by atoms with Crippen LogP contribution in [0.15, 0.2) is 24.4 Å². The van der Waals surface area contributed by atoms with Crippen molar-refractivity contribution in [1.29, 1.82) is 0 Å². The first-order chi connectivity index (χ1) is 12.1. The summed E-state index contributed by atoms with van der Waals surface area (Å²) in [6, 6.07) is 5.67. The number of nitrogens with one attached hydrogen (secondary N) is 2. The van der Waals surface area contributed by atoms with Crippen LogP contribution in [0.3, 0.4) is 0 Å². The van der Waals surface area contributed by atoms with Crippen LogP contribution >= 0.6 is 0 Å². The normalized spacial score (nSPS) is 16.0. The highest BCUT2D eigenvalue weighted by Crippen LogP contribution is 2.17. The molecule has 0 saturated carbocycles. The van der Waals surface area contributed by atoms with Crippen molar-refractivity contribution in [2.24, 2.45) is 5.92 Å². The number of aromatic nitrogens is 1. The summed E-state index contributed by atoms with van der Waals surface area (Å²) in [6.07, 6.45) is 3.86. The van der Waals surface area contributed by atoms with E-state index in [1.807, 2.05) is 25.2 Å². The van der Waals surface area contributed by atoms with Crippen molar-refractivity contribution >= 4 is 11.8 Å². The zero-order chi connectivity index (χ0) is 18.1. The van der Waals surface area contributed by atoms with Crippen molar-refractivity contribution in [2.45, 2.75) is 19.4 Å². The number of hydrogen-bond acceptors (Lipinski definition) is 5. The first-order valence-corrected chi connectivity index (χ1v) is 8.85. The lowest BCUT2D eigenvalue weighted by atomic mass is 9.96. The van der Waals surface area contributed by atoms with Crippen LogP contribution in [0.5, 0.6) is 0 Å². The van der Waals surface area contributed by atoms with Crippen molar-refractivity contribution in [1.82, 2.24) is 25.4 Å². The van der Waals surface area contributed by atoms with Gasteiger partial charge in [-0.1, -0.05) is 6.07 Å². The standard InChI is InChI=1S/C18H29N5O2/c1-19-17(24)14-23-9-6-15(7-10-23)12-22(2)13-18(25)21-11-16-5-3-4-8-20-16/h3-5,8,15H,6-7,9-14H2,1-2H3,(H,19,24)(H,21,25). The Labute approximate surface area is 149 Å². The van der Waals surface area contributed by atoms with Gasteiger partial charge in [0.05, 0.1) is 25.3 Å². The molecule has 0 aliphatic carbocycles. The number of hydrogen-bond donors (Lipinski definition) is 2. The lowest BCUT2D eigenvalue weighted by Gasteiger charge is -2.33. The van der Waals surface area contributed by atoms with Crippen molar-refractivity contribution in [3.63, 3.8) is 0 Å². The molecule has 1 fully saturated rings. The maximum Gasteiger partial charge on any atom is 0.234 e. The summed E-state index contributed by atoms with van der Waals surface area (Å²) in [4.78, 5) is 31.9. The van der Waals surface area contributed by atoms with Gasteiger partial charge >= 0.3 is 0 Å². The topological polar surface area (TPSA) is 77.6 Å². The molecule has 25 heavy (non-hydrogen) atoms. The third-order valence-corrected chi connectivity index (χ3v) is 4.53. The summed E-state index contributed by atoms with van der Waals surface area (Å²) in [6.45, 7) is 4.13. The molecule has 1 aromatic rings. The molecular formula is C18H29N5O2. The molecule has 7 nitrogen and oxygen atoms in total. The Hall–Kier alpha value is -1.99. The van der Waals surface area contributed by atoms with Gasteiger partial charge in [0, 0.05) is 19.8 Å². The van der Waals surface area contributed by atoms with E-state index in [2.05, 4.69) is 25.4 Å². The number of likely N-dealkylation sites (N-methyl/N-ethyl adjacent to an activating group) is 2. The number of likely N-dealkylation sites (tertiary alicyclic amines) is 1. The van der Waals surface area contributed by atoms with E-state index >= 15 is 0 Å². The third-order valence-electron chi connectivity index (χ3n) is 4.53. The maximum absolute atomic E-state index is 12.0. The number of amides is 2. The second kappa shape index (κ2) is 10.1. The predicted molar refractivity (Wildman–Crippen MR) is 96.8 cm³/mol. The Morgan fingerprint density at radius 2 is 2.04 bits per heavy atom. The van der Waals surface area contributed by atoms with Gasteiger partial charge in [-0.25, -0.2) is 0 Å². The predicted octanol–water partition coefficient (Wildman–Crippen LogP) is 0.0876. The van der Waals surface area contributed by atoms with Crippen LogP contribution in [0.25, 0.3) is 0 Å². The highest BCUT2D eigenvalue weighted by atomic mass is 16.2. The van der Waals surface area contributed by atoms with E-state index in [0.717, 1.165) is 38.2 Å². The smallest absolute Gasteiger partial charge is 0.234 e. The van der Waals surface area contributed by atoms with Crippen molar-refractivity contribution < 1.29 is 9.59 Å². The molecule has 0 spiro atoms. The van der Waals surface area contributed by atoms with Gasteiger partial charge in [-0.2, -0.15) is 0 Å². The average molecular weight is 347 g/mol. The summed E-state index contributed by atoms with van der Waals surface area (Å²) in [5, 5.41) is 5.57. The molecule has 7 heteroatoms. The summed E-state index contributed by atoms with van der Waals surface area (Å²) in [7, 11) is 3.65. The lowest BCUT2D eigenvalue weighted by Crippen LogP contribution is -2.43. The van der Waals surface area contributed by atoms with E-state index in [9.17, 15) is 9.59 Å². The van der Waals surface area contributed by atoms with Crippen LogP contribution in [0.1, 0.15) is 18.5 Å². The Kier molecular flexibility index (Phi) is 7.81. The van der Waals surface area contributed by atoms with Gasteiger partial charge in [-0.3, -0.25) is 24.4 Å². The lowest BCUT2D eigenvalue weighted by molar-refractivity contribution is -0.123. The quantitative estimate of drug-likeness (QED) is 0.697. The molecule has 0 unspecified atom stereocenters. The maximum atomic E-state index is 12.0. The van der Waals surface area contributed by atoms with Crippen LogP contribution in [0.2, 0.25) is 0 Å². The molecule has 2 rings (SSSR count). The fourth-order valence-electron chi connectivity index (χ4n) is 3.11.